The number of allylic oxidation sites excluding steroid dienone is 4. The zero-order chi connectivity index (χ0) is 10.3. The Balaban J connectivity index is 3.21. The van der Waals surface area contributed by atoms with Crippen LogP contribution in [0.5, 0.6) is 0 Å². The van der Waals surface area contributed by atoms with E-state index in [0.717, 1.165) is 0 Å². The highest BCUT2D eigenvalue weighted by Crippen LogP contribution is 2.46. The first-order valence-corrected chi connectivity index (χ1v) is 5.13. The lowest BCUT2D eigenvalue weighted by molar-refractivity contribution is 0.330. The molecule has 0 atom stereocenters. The summed E-state index contributed by atoms with van der Waals surface area (Å²) in [4.78, 5) is 0. The summed E-state index contributed by atoms with van der Waals surface area (Å²) in [6.07, 6.45) is 5.74. The minimum absolute atomic E-state index is 0.304. The molecule has 1 aliphatic carbocycles. The summed E-state index contributed by atoms with van der Waals surface area (Å²) in [5, 5.41) is 0. The summed E-state index contributed by atoms with van der Waals surface area (Å²) in [5.41, 5.74) is 3.72. The molecule has 0 heteroatoms. The molecule has 0 aromatic heterocycles. The van der Waals surface area contributed by atoms with Crippen molar-refractivity contribution in [2.75, 3.05) is 0 Å². The molecule has 0 nitrogen and oxygen atoms in total. The largest absolute Gasteiger partial charge is 0.0834 e. The van der Waals surface area contributed by atoms with Gasteiger partial charge in [0.15, 0.2) is 0 Å². The first kappa shape index (κ1) is 10.6. The molecule has 0 fully saturated rings. The SMILES string of the molecule is CC1=C(C(C)(C)C)C(C)(C)CC=C1. The van der Waals surface area contributed by atoms with Gasteiger partial charge in [0.05, 0.1) is 0 Å². The Bertz CT molecular complexity index is 256. The molecule has 0 bridgehead atoms. The molecule has 0 unspecified atom stereocenters. The maximum absolute atomic E-state index is 2.35. The summed E-state index contributed by atoms with van der Waals surface area (Å²) in [5.74, 6) is 0. The van der Waals surface area contributed by atoms with Gasteiger partial charge in [-0.15, -0.1) is 0 Å². The Morgan fingerprint density at radius 3 is 2.08 bits per heavy atom. The molecule has 0 spiro atoms. The van der Waals surface area contributed by atoms with Crippen LogP contribution in [0.25, 0.3) is 0 Å². The van der Waals surface area contributed by atoms with E-state index in [9.17, 15) is 0 Å². The number of hydrogen-bond donors (Lipinski definition) is 0. The Hall–Kier alpha value is -0.520. The van der Waals surface area contributed by atoms with Crippen LogP contribution >= 0.6 is 0 Å². The molecular weight excluding hydrogens is 156 g/mol. The Morgan fingerprint density at radius 1 is 1.23 bits per heavy atom. The zero-order valence-corrected chi connectivity index (χ0v) is 9.86. The Morgan fingerprint density at radius 2 is 1.77 bits per heavy atom. The van der Waals surface area contributed by atoms with Gasteiger partial charge < -0.3 is 0 Å². The highest BCUT2D eigenvalue weighted by Gasteiger charge is 2.33. The van der Waals surface area contributed by atoms with Crippen LogP contribution < -0.4 is 0 Å². The monoisotopic (exact) mass is 178 g/mol. The Labute approximate surface area is 82.7 Å². The van der Waals surface area contributed by atoms with Crippen LogP contribution in [-0.4, -0.2) is 0 Å². The van der Waals surface area contributed by atoms with Crippen molar-refractivity contribution >= 4 is 0 Å². The van der Waals surface area contributed by atoms with Crippen molar-refractivity contribution in [2.24, 2.45) is 10.8 Å². The van der Waals surface area contributed by atoms with Crippen molar-refractivity contribution in [2.45, 2.75) is 48.0 Å². The highest BCUT2D eigenvalue weighted by molar-refractivity contribution is 5.36. The van der Waals surface area contributed by atoms with E-state index in [1.54, 1.807) is 5.57 Å². The van der Waals surface area contributed by atoms with Gasteiger partial charge in [-0.3, -0.25) is 0 Å². The lowest BCUT2D eigenvalue weighted by Crippen LogP contribution is -2.27. The molecular formula is C13H22. The maximum Gasteiger partial charge on any atom is -0.00992 e. The van der Waals surface area contributed by atoms with Gasteiger partial charge in [0.2, 0.25) is 0 Å². The summed E-state index contributed by atoms with van der Waals surface area (Å²) in [6, 6.07) is 0. The number of hydrogen-bond acceptors (Lipinski definition) is 0. The predicted octanol–water partition coefficient (Wildman–Crippen LogP) is 4.34. The average molecular weight is 178 g/mol. The zero-order valence-electron chi connectivity index (χ0n) is 9.86. The van der Waals surface area contributed by atoms with Crippen LogP contribution in [0.3, 0.4) is 0 Å². The fourth-order valence-electron chi connectivity index (χ4n) is 2.86. The molecule has 0 saturated heterocycles. The average Bonchev–Trinajstić information content (AvgIpc) is 1.79. The van der Waals surface area contributed by atoms with Gasteiger partial charge in [0.1, 0.15) is 0 Å². The minimum atomic E-state index is 0.304. The van der Waals surface area contributed by atoms with E-state index in [4.69, 9.17) is 0 Å². The van der Waals surface area contributed by atoms with Crippen molar-refractivity contribution < 1.29 is 0 Å². The fourth-order valence-corrected chi connectivity index (χ4v) is 2.86. The van der Waals surface area contributed by atoms with Gasteiger partial charge in [-0.1, -0.05) is 57.9 Å². The third-order valence-corrected chi connectivity index (χ3v) is 2.82. The summed E-state index contributed by atoms with van der Waals surface area (Å²) in [6.45, 7) is 13.9. The molecule has 1 rings (SSSR count). The van der Waals surface area contributed by atoms with Gasteiger partial charge in [-0.05, 0) is 24.2 Å². The van der Waals surface area contributed by atoms with Crippen molar-refractivity contribution in [1.29, 1.82) is 0 Å². The van der Waals surface area contributed by atoms with E-state index in [2.05, 4.69) is 53.7 Å². The second kappa shape index (κ2) is 3.01. The summed E-state index contributed by atoms with van der Waals surface area (Å²) < 4.78 is 0. The van der Waals surface area contributed by atoms with E-state index in [1.165, 1.54) is 12.0 Å². The van der Waals surface area contributed by atoms with Crippen LogP contribution in [0.1, 0.15) is 48.0 Å². The van der Waals surface area contributed by atoms with Crippen LogP contribution in [-0.2, 0) is 0 Å². The van der Waals surface area contributed by atoms with E-state index < -0.39 is 0 Å². The van der Waals surface area contributed by atoms with Gasteiger partial charge in [-0.25, -0.2) is 0 Å². The van der Waals surface area contributed by atoms with Gasteiger partial charge in [0.25, 0.3) is 0 Å². The molecule has 74 valence electrons. The molecule has 0 saturated carbocycles. The van der Waals surface area contributed by atoms with Crippen molar-refractivity contribution in [3.05, 3.63) is 23.3 Å². The van der Waals surface area contributed by atoms with E-state index in [1.807, 2.05) is 0 Å². The molecule has 13 heavy (non-hydrogen) atoms. The quantitative estimate of drug-likeness (QED) is 0.518. The molecule has 0 aliphatic heterocycles. The summed E-state index contributed by atoms with van der Waals surface area (Å²) in [7, 11) is 0. The molecule has 0 heterocycles. The maximum atomic E-state index is 2.35. The topological polar surface area (TPSA) is 0 Å². The molecule has 0 aromatic carbocycles. The molecule has 0 N–H and O–H groups in total. The number of rotatable bonds is 0. The second-order valence-electron chi connectivity index (χ2n) is 5.80. The van der Waals surface area contributed by atoms with Crippen LogP contribution in [0.15, 0.2) is 23.3 Å². The van der Waals surface area contributed by atoms with Crippen molar-refractivity contribution in [3.8, 4) is 0 Å². The lowest BCUT2D eigenvalue weighted by atomic mass is 9.65. The van der Waals surface area contributed by atoms with E-state index in [-0.39, 0.29) is 0 Å². The van der Waals surface area contributed by atoms with Crippen LogP contribution in [0.4, 0.5) is 0 Å². The van der Waals surface area contributed by atoms with E-state index >= 15 is 0 Å². The van der Waals surface area contributed by atoms with Gasteiger partial charge >= 0.3 is 0 Å². The highest BCUT2D eigenvalue weighted by atomic mass is 14.4. The van der Waals surface area contributed by atoms with Crippen molar-refractivity contribution in [1.82, 2.24) is 0 Å². The molecule has 0 aromatic rings. The third-order valence-electron chi connectivity index (χ3n) is 2.82. The lowest BCUT2D eigenvalue weighted by Gasteiger charge is -2.39. The third kappa shape index (κ3) is 2.04. The molecule has 1 aliphatic rings. The van der Waals surface area contributed by atoms with E-state index in [0.29, 0.717) is 10.8 Å². The smallest absolute Gasteiger partial charge is 0.00992 e. The first-order chi connectivity index (χ1) is 5.75. The van der Waals surface area contributed by atoms with Crippen LogP contribution in [0, 0.1) is 10.8 Å². The summed E-state index contributed by atoms with van der Waals surface area (Å²) >= 11 is 0. The predicted molar refractivity (Wildman–Crippen MR) is 59.7 cm³/mol. The van der Waals surface area contributed by atoms with Crippen molar-refractivity contribution in [3.63, 3.8) is 0 Å². The van der Waals surface area contributed by atoms with Gasteiger partial charge in [-0.2, -0.15) is 0 Å². The minimum Gasteiger partial charge on any atom is -0.0834 e. The van der Waals surface area contributed by atoms with Crippen LogP contribution in [0.2, 0.25) is 0 Å². The first-order valence-electron chi connectivity index (χ1n) is 5.13. The van der Waals surface area contributed by atoms with Gasteiger partial charge in [0, 0.05) is 0 Å². The normalized spacial score (nSPS) is 22.3. The molecule has 0 amide bonds. The fraction of sp³-hybridized carbons (Fsp3) is 0.692. The second-order valence-corrected chi connectivity index (χ2v) is 5.80. The Kier molecular flexibility index (Phi) is 2.44. The standard InChI is InChI=1S/C13H22/c1-10-8-7-9-13(5,6)11(10)12(2,3)4/h7-8H,9H2,1-6H3. The molecule has 0 radical (unpaired) electrons.